The maximum atomic E-state index is 14.9. The van der Waals surface area contributed by atoms with Gasteiger partial charge in [-0.05, 0) is 99.4 Å². The normalized spacial score (nSPS) is 11.5. The number of hydrogen-bond donors (Lipinski definition) is 0. The fourth-order valence-electron chi connectivity index (χ4n) is 3.36. The van der Waals surface area contributed by atoms with Crippen molar-refractivity contribution in [3.63, 3.8) is 0 Å². The van der Waals surface area contributed by atoms with Gasteiger partial charge in [0.2, 0.25) is 0 Å². The lowest BCUT2D eigenvalue weighted by Gasteiger charge is -2.23. The van der Waals surface area contributed by atoms with E-state index in [-0.39, 0.29) is 11.3 Å². The quantitative estimate of drug-likeness (QED) is 0.388. The Morgan fingerprint density at radius 3 is 1.96 bits per heavy atom. The van der Waals surface area contributed by atoms with Crippen molar-refractivity contribution in [3.05, 3.63) is 75.9 Å². The highest BCUT2D eigenvalue weighted by Crippen LogP contribution is 2.37. The van der Waals surface area contributed by atoms with Gasteiger partial charge in [0.1, 0.15) is 5.75 Å². The maximum absolute atomic E-state index is 14.9. The molecular formula is C23H28F2O. The lowest BCUT2D eigenvalue weighted by atomic mass is 9.96. The molecule has 0 aliphatic rings. The summed E-state index contributed by atoms with van der Waals surface area (Å²) in [6, 6.07) is 7.03. The van der Waals surface area contributed by atoms with Crippen LogP contribution in [0.5, 0.6) is 5.75 Å². The second-order valence-electron chi connectivity index (χ2n) is 7.09. The summed E-state index contributed by atoms with van der Waals surface area (Å²) < 4.78 is 35.0. The molecule has 0 aromatic heterocycles. The van der Waals surface area contributed by atoms with Crippen LogP contribution in [0.15, 0.2) is 36.9 Å². The van der Waals surface area contributed by atoms with Crippen molar-refractivity contribution in [1.29, 1.82) is 0 Å². The molecule has 0 aliphatic carbocycles. The Hall–Kier alpha value is -2.16. The summed E-state index contributed by atoms with van der Waals surface area (Å²) in [6.45, 7) is 13.0. The Morgan fingerprint density at radius 2 is 1.46 bits per heavy atom. The Labute approximate surface area is 155 Å². The van der Waals surface area contributed by atoms with Crippen molar-refractivity contribution < 1.29 is 13.5 Å². The van der Waals surface area contributed by atoms with Crippen LogP contribution in [0.4, 0.5) is 8.78 Å². The van der Waals surface area contributed by atoms with E-state index in [1.54, 1.807) is 26.0 Å². The molecule has 140 valence electrons. The van der Waals surface area contributed by atoms with Crippen LogP contribution >= 0.6 is 0 Å². The number of rotatable bonds is 7. The van der Waals surface area contributed by atoms with Crippen molar-refractivity contribution >= 4 is 0 Å². The van der Waals surface area contributed by atoms with Gasteiger partial charge in [0.15, 0.2) is 0 Å². The van der Waals surface area contributed by atoms with Crippen LogP contribution in [0.25, 0.3) is 0 Å². The van der Waals surface area contributed by atoms with Gasteiger partial charge in [-0.3, -0.25) is 0 Å². The fourth-order valence-corrected chi connectivity index (χ4v) is 3.36. The second-order valence-corrected chi connectivity index (χ2v) is 7.09. The zero-order chi connectivity index (χ0) is 19.5. The molecule has 0 saturated heterocycles. The summed E-state index contributed by atoms with van der Waals surface area (Å²) in [6.07, 6.45) is 1.25. The molecule has 3 heteroatoms. The van der Waals surface area contributed by atoms with Gasteiger partial charge < -0.3 is 4.74 Å². The number of alkyl halides is 2. The standard InChI is InChI=1S/C23H28F2O/c1-7-8-9-10-20-11-17(4)22(18(5)12-20)23(24,25)26-21-13-15(2)19(6)16(3)14-21/h7,11-14H,1,8-10H2,2-6H3. The fraction of sp³-hybridized carbons (Fsp3) is 0.391. The summed E-state index contributed by atoms with van der Waals surface area (Å²) in [5.74, 6) is 0.199. The Kier molecular flexibility index (Phi) is 6.22. The van der Waals surface area contributed by atoms with Crippen LogP contribution < -0.4 is 4.74 Å². The van der Waals surface area contributed by atoms with Crippen molar-refractivity contribution in [3.8, 4) is 5.75 Å². The maximum Gasteiger partial charge on any atom is 0.427 e. The van der Waals surface area contributed by atoms with Crippen LogP contribution in [-0.2, 0) is 12.5 Å². The average molecular weight is 358 g/mol. The highest BCUT2D eigenvalue weighted by atomic mass is 19.3. The third-order valence-corrected chi connectivity index (χ3v) is 4.90. The number of ether oxygens (including phenoxy) is 1. The van der Waals surface area contributed by atoms with E-state index in [0.29, 0.717) is 11.1 Å². The van der Waals surface area contributed by atoms with E-state index in [9.17, 15) is 8.78 Å². The Balaban J connectivity index is 2.32. The molecule has 0 saturated carbocycles. The smallest absolute Gasteiger partial charge is 0.427 e. The van der Waals surface area contributed by atoms with E-state index in [1.165, 1.54) is 0 Å². The molecule has 0 bridgehead atoms. The average Bonchev–Trinajstić information content (AvgIpc) is 2.51. The third-order valence-electron chi connectivity index (χ3n) is 4.90. The minimum atomic E-state index is -3.37. The van der Waals surface area contributed by atoms with Gasteiger partial charge in [0, 0.05) is 0 Å². The minimum absolute atomic E-state index is 0.0409. The van der Waals surface area contributed by atoms with Crippen molar-refractivity contribution in [2.75, 3.05) is 0 Å². The highest BCUT2D eigenvalue weighted by molar-refractivity contribution is 5.43. The first-order valence-electron chi connectivity index (χ1n) is 9.02. The molecule has 26 heavy (non-hydrogen) atoms. The molecule has 0 N–H and O–H groups in total. The second kappa shape index (κ2) is 8.03. The molecule has 2 aromatic carbocycles. The summed E-state index contributed by atoms with van der Waals surface area (Å²) >= 11 is 0. The van der Waals surface area contributed by atoms with Crippen molar-refractivity contribution in [2.24, 2.45) is 0 Å². The van der Waals surface area contributed by atoms with Crippen LogP contribution in [0.3, 0.4) is 0 Å². The van der Waals surface area contributed by atoms with E-state index in [0.717, 1.165) is 41.5 Å². The molecule has 0 radical (unpaired) electrons. The Morgan fingerprint density at radius 1 is 0.923 bits per heavy atom. The largest absolute Gasteiger partial charge is 0.429 e. The summed E-state index contributed by atoms with van der Waals surface area (Å²) in [5.41, 5.74) is 5.14. The van der Waals surface area contributed by atoms with Gasteiger partial charge >= 0.3 is 6.11 Å². The molecule has 0 atom stereocenters. The van der Waals surface area contributed by atoms with E-state index >= 15 is 0 Å². The lowest BCUT2D eigenvalue weighted by molar-refractivity contribution is -0.186. The first-order chi connectivity index (χ1) is 12.2. The van der Waals surface area contributed by atoms with Crippen LogP contribution in [0.1, 0.15) is 51.8 Å². The number of allylic oxidation sites excluding steroid dienone is 1. The predicted octanol–water partition coefficient (Wildman–Crippen LogP) is 6.87. The molecule has 0 heterocycles. The van der Waals surface area contributed by atoms with Crippen LogP contribution in [-0.4, -0.2) is 0 Å². The van der Waals surface area contributed by atoms with Gasteiger partial charge in [-0.15, -0.1) is 6.58 Å². The molecule has 0 unspecified atom stereocenters. The van der Waals surface area contributed by atoms with Crippen LogP contribution in [0, 0.1) is 34.6 Å². The first kappa shape index (κ1) is 20.2. The summed E-state index contributed by atoms with van der Waals surface area (Å²) in [7, 11) is 0. The number of hydrogen-bond acceptors (Lipinski definition) is 1. The van der Waals surface area contributed by atoms with Gasteiger partial charge in [-0.1, -0.05) is 18.2 Å². The predicted molar refractivity (Wildman–Crippen MR) is 104 cm³/mol. The third kappa shape index (κ3) is 4.51. The molecule has 2 aromatic rings. The topological polar surface area (TPSA) is 9.23 Å². The molecule has 0 spiro atoms. The number of benzene rings is 2. The van der Waals surface area contributed by atoms with Gasteiger partial charge in [-0.25, -0.2) is 0 Å². The van der Waals surface area contributed by atoms with E-state index in [2.05, 4.69) is 6.58 Å². The van der Waals surface area contributed by atoms with Crippen LogP contribution in [0.2, 0.25) is 0 Å². The SMILES string of the molecule is C=CCCCc1cc(C)c(C(F)(F)Oc2cc(C)c(C)c(C)c2)c(C)c1. The molecule has 0 fully saturated rings. The molecular weight excluding hydrogens is 330 g/mol. The van der Waals surface area contributed by atoms with Gasteiger partial charge in [0.05, 0.1) is 5.56 Å². The summed E-state index contributed by atoms with van der Waals surface area (Å²) in [4.78, 5) is 0. The monoisotopic (exact) mass is 358 g/mol. The lowest BCUT2D eigenvalue weighted by Crippen LogP contribution is -2.24. The molecule has 2 rings (SSSR count). The molecule has 0 amide bonds. The Bertz CT molecular complexity index is 760. The van der Waals surface area contributed by atoms with E-state index in [1.807, 2.05) is 39.0 Å². The molecule has 0 aliphatic heterocycles. The number of unbranched alkanes of at least 4 members (excludes halogenated alkanes) is 1. The number of halogens is 2. The first-order valence-corrected chi connectivity index (χ1v) is 9.02. The zero-order valence-electron chi connectivity index (χ0n) is 16.4. The number of aryl methyl sites for hydroxylation is 5. The van der Waals surface area contributed by atoms with Crippen molar-refractivity contribution in [2.45, 2.75) is 60.0 Å². The van der Waals surface area contributed by atoms with E-state index in [4.69, 9.17) is 4.74 Å². The summed E-state index contributed by atoms with van der Waals surface area (Å²) in [5, 5.41) is 0. The zero-order valence-corrected chi connectivity index (χ0v) is 16.4. The van der Waals surface area contributed by atoms with Gasteiger partial charge in [0.25, 0.3) is 0 Å². The molecule has 1 nitrogen and oxygen atoms in total. The van der Waals surface area contributed by atoms with Crippen molar-refractivity contribution in [1.82, 2.24) is 0 Å². The van der Waals surface area contributed by atoms with Gasteiger partial charge in [-0.2, -0.15) is 8.78 Å². The van der Waals surface area contributed by atoms with E-state index < -0.39 is 6.11 Å². The highest BCUT2D eigenvalue weighted by Gasteiger charge is 2.38. The minimum Gasteiger partial charge on any atom is -0.429 e.